The van der Waals surface area contributed by atoms with E-state index in [1.54, 1.807) is 43.3 Å². The summed E-state index contributed by atoms with van der Waals surface area (Å²) in [5.74, 6) is -2.75. The van der Waals surface area contributed by atoms with Crippen molar-refractivity contribution in [1.82, 2.24) is 4.90 Å². The fourth-order valence-corrected chi connectivity index (χ4v) is 5.24. The van der Waals surface area contributed by atoms with Crippen LogP contribution in [0.25, 0.3) is 0 Å². The van der Waals surface area contributed by atoms with Gasteiger partial charge in [-0.25, -0.2) is 4.90 Å². The quantitative estimate of drug-likeness (QED) is 0.254. The van der Waals surface area contributed by atoms with Gasteiger partial charge in [-0.05, 0) is 56.3 Å². The number of nitrogens with zero attached hydrogens (tertiary/aromatic N) is 2. The van der Waals surface area contributed by atoms with Crippen molar-refractivity contribution in [2.75, 3.05) is 11.4 Å². The number of hydrogen-bond acceptors (Lipinski definition) is 6. The first kappa shape index (κ1) is 25.8. The number of ketones is 2. The van der Waals surface area contributed by atoms with Crippen molar-refractivity contribution in [1.29, 1.82) is 0 Å². The monoisotopic (exact) mass is 542 g/mol. The van der Waals surface area contributed by atoms with Crippen molar-refractivity contribution in [2.45, 2.75) is 13.8 Å². The van der Waals surface area contributed by atoms with Crippen LogP contribution in [0.2, 0.25) is 0 Å². The Kier molecular flexibility index (Phi) is 6.03. The van der Waals surface area contributed by atoms with Gasteiger partial charge in [-0.3, -0.25) is 33.7 Å². The summed E-state index contributed by atoms with van der Waals surface area (Å²) in [7, 11) is 0. The molecule has 6 rings (SSSR count). The molecule has 0 atom stereocenters. The first-order valence-electron chi connectivity index (χ1n) is 13.0. The molecule has 0 unspecified atom stereocenters. The number of amides is 4. The van der Waals surface area contributed by atoms with Crippen LogP contribution in [0.4, 0.5) is 5.69 Å². The van der Waals surface area contributed by atoms with Crippen LogP contribution in [0.1, 0.15) is 85.8 Å². The number of carbonyl (C=O) groups is 6. The second-order valence-electron chi connectivity index (χ2n) is 9.90. The van der Waals surface area contributed by atoms with Gasteiger partial charge in [0.2, 0.25) is 0 Å². The van der Waals surface area contributed by atoms with Gasteiger partial charge in [-0.2, -0.15) is 0 Å². The molecule has 0 N–H and O–H groups in total. The fourth-order valence-electron chi connectivity index (χ4n) is 5.24. The summed E-state index contributed by atoms with van der Waals surface area (Å²) >= 11 is 0. The van der Waals surface area contributed by atoms with Gasteiger partial charge in [0.1, 0.15) is 0 Å². The summed E-state index contributed by atoms with van der Waals surface area (Å²) in [5.41, 5.74) is 2.90. The van der Waals surface area contributed by atoms with Crippen molar-refractivity contribution in [2.24, 2.45) is 0 Å². The Balaban J connectivity index is 1.30. The molecule has 2 aliphatic rings. The van der Waals surface area contributed by atoms with Crippen LogP contribution in [0.3, 0.4) is 0 Å². The number of anilines is 1. The molecule has 0 fully saturated rings. The molecule has 0 bridgehead atoms. The molecule has 8 heteroatoms. The van der Waals surface area contributed by atoms with E-state index in [9.17, 15) is 28.8 Å². The second kappa shape index (κ2) is 9.60. The molecule has 0 radical (unpaired) electrons. The SMILES string of the molecule is CCN1C(=O)c2ccc(C(=O)c3ccc4c(c3)C(=O)N(c3cccc(C(=O)c5cccc(C)c5)c3)C4=O)cc2C1=O. The highest BCUT2D eigenvalue weighted by Crippen LogP contribution is 2.31. The molecular formula is C33H22N2O6. The van der Waals surface area contributed by atoms with Crippen LogP contribution in [0, 0.1) is 6.92 Å². The lowest BCUT2D eigenvalue weighted by Crippen LogP contribution is -2.29. The maximum atomic E-state index is 13.4. The molecule has 4 aromatic carbocycles. The summed E-state index contributed by atoms with van der Waals surface area (Å²) < 4.78 is 0. The van der Waals surface area contributed by atoms with Gasteiger partial charge in [0.05, 0.1) is 27.9 Å². The Morgan fingerprint density at radius 1 is 0.561 bits per heavy atom. The number of carbonyl (C=O) groups excluding carboxylic acids is 6. The summed E-state index contributed by atoms with van der Waals surface area (Å²) in [4.78, 5) is 80.2. The van der Waals surface area contributed by atoms with Crippen LogP contribution < -0.4 is 4.90 Å². The predicted octanol–water partition coefficient (Wildman–Crippen LogP) is 4.87. The second-order valence-corrected chi connectivity index (χ2v) is 9.90. The van der Waals surface area contributed by atoms with Gasteiger partial charge < -0.3 is 0 Å². The Morgan fingerprint density at radius 2 is 1.05 bits per heavy atom. The highest BCUT2D eigenvalue weighted by molar-refractivity contribution is 6.35. The van der Waals surface area contributed by atoms with E-state index in [0.29, 0.717) is 11.1 Å². The summed E-state index contributed by atoms with van der Waals surface area (Å²) in [6, 6.07) is 22.0. The number of hydrogen-bond donors (Lipinski definition) is 0. The highest BCUT2D eigenvalue weighted by Gasteiger charge is 2.38. The standard InChI is InChI=1S/C33H22N2O6/c1-3-34-30(38)24-12-10-21(16-26(24)31(34)39)29(37)22-11-13-25-27(17-22)33(41)35(32(25)40)23-9-5-8-20(15-23)28(36)19-7-4-6-18(2)14-19/h4-17H,3H2,1-2H3. The van der Waals surface area contributed by atoms with Crippen molar-refractivity contribution in [3.8, 4) is 0 Å². The zero-order valence-corrected chi connectivity index (χ0v) is 22.1. The van der Waals surface area contributed by atoms with Gasteiger partial charge in [0.25, 0.3) is 23.6 Å². The average Bonchev–Trinajstić information content (AvgIpc) is 3.39. The molecule has 4 aromatic rings. The van der Waals surface area contributed by atoms with Gasteiger partial charge in [-0.1, -0.05) is 48.0 Å². The maximum absolute atomic E-state index is 13.4. The third-order valence-electron chi connectivity index (χ3n) is 7.34. The largest absolute Gasteiger partial charge is 0.289 e. The molecular weight excluding hydrogens is 520 g/mol. The van der Waals surface area contributed by atoms with E-state index in [2.05, 4.69) is 0 Å². The van der Waals surface area contributed by atoms with Crippen molar-refractivity contribution >= 4 is 40.9 Å². The number of fused-ring (bicyclic) bond motifs is 2. The minimum atomic E-state index is -0.617. The molecule has 2 aliphatic heterocycles. The smallest absolute Gasteiger partial charge is 0.266 e. The van der Waals surface area contributed by atoms with E-state index in [-0.39, 0.29) is 51.4 Å². The van der Waals surface area contributed by atoms with Gasteiger partial charge in [0.15, 0.2) is 11.6 Å². The first-order valence-corrected chi connectivity index (χ1v) is 13.0. The third kappa shape index (κ3) is 4.08. The molecule has 8 nitrogen and oxygen atoms in total. The topological polar surface area (TPSA) is 109 Å². The Morgan fingerprint density at radius 3 is 1.66 bits per heavy atom. The van der Waals surface area contributed by atoms with Gasteiger partial charge in [0, 0.05) is 28.8 Å². The Hall–Kier alpha value is -5.50. The highest BCUT2D eigenvalue weighted by atomic mass is 16.2. The molecule has 0 saturated heterocycles. The summed E-state index contributed by atoms with van der Waals surface area (Å²) in [6.07, 6.45) is 0. The van der Waals surface area contributed by atoms with E-state index in [0.717, 1.165) is 15.4 Å². The molecule has 0 spiro atoms. The number of rotatable bonds is 6. The van der Waals surface area contributed by atoms with Crippen LogP contribution in [0.5, 0.6) is 0 Å². The van der Waals surface area contributed by atoms with Crippen LogP contribution in [-0.2, 0) is 0 Å². The molecule has 0 saturated carbocycles. The van der Waals surface area contributed by atoms with Crippen molar-refractivity contribution < 1.29 is 28.8 Å². The minimum Gasteiger partial charge on any atom is -0.289 e. The normalized spacial score (nSPS) is 14.0. The van der Waals surface area contributed by atoms with Crippen LogP contribution in [-0.4, -0.2) is 46.6 Å². The number of benzene rings is 4. The van der Waals surface area contributed by atoms with Crippen LogP contribution in [0.15, 0.2) is 84.9 Å². The lowest BCUT2D eigenvalue weighted by molar-refractivity contribution is 0.0661. The molecule has 2 heterocycles. The van der Waals surface area contributed by atoms with E-state index in [4.69, 9.17) is 0 Å². The maximum Gasteiger partial charge on any atom is 0.266 e. The molecule has 0 aromatic heterocycles. The van der Waals surface area contributed by atoms with Gasteiger partial charge >= 0.3 is 0 Å². The first-order chi connectivity index (χ1) is 19.7. The summed E-state index contributed by atoms with van der Waals surface area (Å²) in [5, 5.41) is 0. The lowest BCUT2D eigenvalue weighted by Gasteiger charge is -2.15. The number of aryl methyl sites for hydroxylation is 1. The van der Waals surface area contributed by atoms with Gasteiger partial charge in [-0.15, -0.1) is 0 Å². The molecule has 4 amide bonds. The zero-order chi connectivity index (χ0) is 29.0. The van der Waals surface area contributed by atoms with Crippen molar-refractivity contribution in [3.63, 3.8) is 0 Å². The molecule has 0 aliphatic carbocycles. The van der Waals surface area contributed by atoms with E-state index < -0.39 is 29.4 Å². The van der Waals surface area contributed by atoms with E-state index >= 15 is 0 Å². The fraction of sp³-hybridized carbons (Fsp3) is 0.0909. The van der Waals surface area contributed by atoms with Crippen LogP contribution >= 0.6 is 0 Å². The van der Waals surface area contributed by atoms with E-state index in [1.807, 2.05) is 13.0 Å². The van der Waals surface area contributed by atoms with Crippen molar-refractivity contribution in [3.05, 3.63) is 135 Å². The zero-order valence-electron chi connectivity index (χ0n) is 22.1. The predicted molar refractivity (Wildman–Crippen MR) is 150 cm³/mol. The van der Waals surface area contributed by atoms with E-state index in [1.165, 1.54) is 42.5 Å². The Labute approximate surface area is 234 Å². The molecule has 200 valence electrons. The summed E-state index contributed by atoms with van der Waals surface area (Å²) in [6.45, 7) is 3.80. The molecule has 41 heavy (non-hydrogen) atoms. The lowest BCUT2D eigenvalue weighted by atomic mass is 9.96. The average molecular weight is 543 g/mol. The third-order valence-corrected chi connectivity index (χ3v) is 7.34. The minimum absolute atomic E-state index is 0.0563. The number of imide groups is 2. The Bertz CT molecular complexity index is 1870.